The van der Waals surface area contributed by atoms with E-state index in [9.17, 15) is 13.6 Å². The summed E-state index contributed by atoms with van der Waals surface area (Å²) in [5.41, 5.74) is 0.963. The standard InChI is InChI=1S/C14H9F2N3O/c15-11-3-1-2-10(13(11)16)14(20)18-9-4-5-12-8(6-9)7-17-19-12/h1-7H,(H,17,19)(H,18,20). The van der Waals surface area contributed by atoms with Gasteiger partial charge in [-0.25, -0.2) is 8.78 Å². The molecule has 4 nitrogen and oxygen atoms in total. The lowest BCUT2D eigenvalue weighted by Gasteiger charge is -2.06. The molecule has 0 unspecified atom stereocenters. The highest BCUT2D eigenvalue weighted by Crippen LogP contribution is 2.18. The van der Waals surface area contributed by atoms with Gasteiger partial charge in [-0.1, -0.05) is 6.07 Å². The average molecular weight is 273 g/mol. The first-order valence-electron chi connectivity index (χ1n) is 5.83. The van der Waals surface area contributed by atoms with E-state index in [0.717, 1.165) is 17.0 Å². The van der Waals surface area contributed by atoms with E-state index >= 15 is 0 Å². The van der Waals surface area contributed by atoms with Gasteiger partial charge in [0.15, 0.2) is 11.6 Å². The number of halogens is 2. The van der Waals surface area contributed by atoms with Crippen molar-refractivity contribution in [2.45, 2.75) is 0 Å². The van der Waals surface area contributed by atoms with Crippen LogP contribution in [0.15, 0.2) is 42.6 Å². The minimum absolute atomic E-state index is 0.336. The summed E-state index contributed by atoms with van der Waals surface area (Å²) < 4.78 is 26.6. The molecule has 0 aliphatic rings. The molecule has 3 rings (SSSR count). The monoisotopic (exact) mass is 273 g/mol. The molecule has 0 spiro atoms. The summed E-state index contributed by atoms with van der Waals surface area (Å²) in [6.45, 7) is 0. The van der Waals surface area contributed by atoms with Gasteiger partial charge < -0.3 is 5.32 Å². The molecule has 0 saturated heterocycles. The first-order valence-corrected chi connectivity index (χ1v) is 5.83. The quantitative estimate of drug-likeness (QED) is 0.753. The molecule has 100 valence electrons. The molecule has 1 aromatic heterocycles. The lowest BCUT2D eigenvalue weighted by atomic mass is 10.1. The van der Waals surface area contributed by atoms with Crippen LogP contribution in [0.4, 0.5) is 14.5 Å². The van der Waals surface area contributed by atoms with E-state index in [4.69, 9.17) is 0 Å². The Morgan fingerprint density at radius 3 is 2.90 bits per heavy atom. The zero-order valence-corrected chi connectivity index (χ0v) is 10.2. The van der Waals surface area contributed by atoms with Crippen LogP contribution >= 0.6 is 0 Å². The number of nitrogens with one attached hydrogen (secondary N) is 2. The van der Waals surface area contributed by atoms with E-state index in [2.05, 4.69) is 15.5 Å². The van der Waals surface area contributed by atoms with E-state index in [1.165, 1.54) is 12.1 Å². The number of hydrogen-bond donors (Lipinski definition) is 2. The summed E-state index contributed by atoms with van der Waals surface area (Å²) in [6.07, 6.45) is 1.60. The van der Waals surface area contributed by atoms with Crippen LogP contribution in [0.2, 0.25) is 0 Å². The number of H-pyrrole nitrogens is 1. The summed E-state index contributed by atoms with van der Waals surface area (Å²) in [7, 11) is 0. The number of aromatic amines is 1. The van der Waals surface area contributed by atoms with Crippen LogP contribution in [-0.4, -0.2) is 16.1 Å². The van der Waals surface area contributed by atoms with Crippen LogP contribution in [0.1, 0.15) is 10.4 Å². The van der Waals surface area contributed by atoms with Crippen molar-refractivity contribution in [3.8, 4) is 0 Å². The van der Waals surface area contributed by atoms with Crippen molar-refractivity contribution in [1.29, 1.82) is 0 Å². The predicted molar refractivity (Wildman–Crippen MR) is 70.4 cm³/mol. The zero-order chi connectivity index (χ0) is 14.1. The van der Waals surface area contributed by atoms with Gasteiger partial charge in [-0.05, 0) is 30.3 Å². The van der Waals surface area contributed by atoms with Crippen molar-refractivity contribution in [2.75, 3.05) is 5.32 Å². The SMILES string of the molecule is O=C(Nc1ccc2[nH]ncc2c1)c1cccc(F)c1F. The van der Waals surface area contributed by atoms with E-state index in [1.54, 1.807) is 24.4 Å². The Morgan fingerprint density at radius 2 is 2.05 bits per heavy atom. The minimum atomic E-state index is -1.16. The summed E-state index contributed by atoms with van der Waals surface area (Å²) >= 11 is 0. The number of carbonyl (C=O) groups is 1. The zero-order valence-electron chi connectivity index (χ0n) is 10.2. The highest BCUT2D eigenvalue weighted by Gasteiger charge is 2.15. The number of rotatable bonds is 2. The van der Waals surface area contributed by atoms with Crippen LogP contribution in [0.5, 0.6) is 0 Å². The molecular formula is C14H9F2N3O. The van der Waals surface area contributed by atoms with Crippen molar-refractivity contribution in [1.82, 2.24) is 10.2 Å². The van der Waals surface area contributed by atoms with Gasteiger partial charge in [0.05, 0.1) is 17.3 Å². The smallest absolute Gasteiger partial charge is 0.258 e. The van der Waals surface area contributed by atoms with E-state index in [-0.39, 0.29) is 5.56 Å². The second-order valence-corrected chi connectivity index (χ2v) is 4.23. The second kappa shape index (κ2) is 4.73. The van der Waals surface area contributed by atoms with Crippen molar-refractivity contribution in [3.63, 3.8) is 0 Å². The average Bonchev–Trinajstić information content (AvgIpc) is 2.89. The van der Waals surface area contributed by atoms with Crippen molar-refractivity contribution < 1.29 is 13.6 Å². The molecule has 2 aromatic carbocycles. The maximum absolute atomic E-state index is 13.5. The van der Waals surface area contributed by atoms with Gasteiger partial charge in [0, 0.05) is 11.1 Å². The Morgan fingerprint density at radius 1 is 1.20 bits per heavy atom. The fourth-order valence-corrected chi connectivity index (χ4v) is 1.90. The molecule has 0 aliphatic carbocycles. The second-order valence-electron chi connectivity index (χ2n) is 4.23. The Bertz CT molecular complexity index is 798. The van der Waals surface area contributed by atoms with Crippen LogP contribution in [0.3, 0.4) is 0 Å². The van der Waals surface area contributed by atoms with Crippen molar-refractivity contribution in [3.05, 3.63) is 59.8 Å². The maximum Gasteiger partial charge on any atom is 0.258 e. The fraction of sp³-hybridized carbons (Fsp3) is 0. The number of nitrogens with zero attached hydrogens (tertiary/aromatic N) is 1. The lowest BCUT2D eigenvalue weighted by Crippen LogP contribution is -2.14. The van der Waals surface area contributed by atoms with Crippen molar-refractivity contribution in [2.24, 2.45) is 0 Å². The fourth-order valence-electron chi connectivity index (χ4n) is 1.90. The summed E-state index contributed by atoms with van der Waals surface area (Å²) in [5.74, 6) is -2.91. The van der Waals surface area contributed by atoms with Crippen LogP contribution in [-0.2, 0) is 0 Å². The normalized spacial score (nSPS) is 10.7. The molecule has 2 N–H and O–H groups in total. The first kappa shape index (κ1) is 12.3. The Hall–Kier alpha value is -2.76. The number of fused-ring (bicyclic) bond motifs is 1. The minimum Gasteiger partial charge on any atom is -0.322 e. The van der Waals surface area contributed by atoms with Gasteiger partial charge in [-0.15, -0.1) is 0 Å². The predicted octanol–water partition coefficient (Wildman–Crippen LogP) is 3.09. The molecule has 6 heteroatoms. The molecular weight excluding hydrogens is 264 g/mol. The third-order valence-corrected chi connectivity index (χ3v) is 2.89. The number of carbonyl (C=O) groups excluding carboxylic acids is 1. The molecule has 1 amide bonds. The van der Waals surface area contributed by atoms with Crippen molar-refractivity contribution >= 4 is 22.5 Å². The Labute approximate surface area is 112 Å². The molecule has 0 saturated carbocycles. The molecule has 1 heterocycles. The third-order valence-electron chi connectivity index (χ3n) is 2.89. The number of hydrogen-bond acceptors (Lipinski definition) is 2. The van der Waals surface area contributed by atoms with Gasteiger partial charge >= 0.3 is 0 Å². The lowest BCUT2D eigenvalue weighted by molar-refractivity contribution is 0.102. The van der Waals surface area contributed by atoms with Gasteiger partial charge in [0.25, 0.3) is 5.91 Å². The molecule has 0 atom stereocenters. The molecule has 0 fully saturated rings. The summed E-state index contributed by atoms with van der Waals surface area (Å²) in [4.78, 5) is 11.9. The highest BCUT2D eigenvalue weighted by molar-refractivity contribution is 6.05. The third kappa shape index (κ3) is 2.11. The largest absolute Gasteiger partial charge is 0.322 e. The maximum atomic E-state index is 13.5. The van der Waals surface area contributed by atoms with Crippen LogP contribution in [0.25, 0.3) is 10.9 Å². The Balaban J connectivity index is 1.90. The van der Waals surface area contributed by atoms with Gasteiger partial charge in [-0.2, -0.15) is 5.10 Å². The Kier molecular flexibility index (Phi) is 2.90. The molecule has 0 radical (unpaired) electrons. The summed E-state index contributed by atoms with van der Waals surface area (Å²) in [5, 5.41) is 9.96. The number of aromatic nitrogens is 2. The highest BCUT2D eigenvalue weighted by atomic mass is 19.2. The number of anilines is 1. The molecule has 20 heavy (non-hydrogen) atoms. The summed E-state index contributed by atoms with van der Waals surface area (Å²) in [6, 6.07) is 8.55. The van der Waals surface area contributed by atoms with E-state index < -0.39 is 17.5 Å². The molecule has 0 bridgehead atoms. The molecule has 0 aliphatic heterocycles. The molecule has 3 aromatic rings. The van der Waals surface area contributed by atoms with E-state index in [0.29, 0.717) is 5.69 Å². The van der Waals surface area contributed by atoms with Gasteiger partial charge in [0.2, 0.25) is 0 Å². The van der Waals surface area contributed by atoms with Crippen LogP contribution in [0, 0.1) is 11.6 Å². The van der Waals surface area contributed by atoms with Gasteiger partial charge in [0.1, 0.15) is 0 Å². The topological polar surface area (TPSA) is 57.8 Å². The number of amides is 1. The first-order chi connectivity index (χ1) is 9.65. The van der Waals surface area contributed by atoms with Crippen LogP contribution < -0.4 is 5.32 Å². The number of benzene rings is 2. The van der Waals surface area contributed by atoms with Gasteiger partial charge in [-0.3, -0.25) is 9.89 Å². The van der Waals surface area contributed by atoms with E-state index in [1.807, 2.05) is 0 Å².